The van der Waals surface area contributed by atoms with Crippen LogP contribution < -0.4 is 16.4 Å². The van der Waals surface area contributed by atoms with Crippen LogP contribution in [0.5, 0.6) is 0 Å². The molecule has 1 aliphatic rings. The van der Waals surface area contributed by atoms with Gasteiger partial charge in [0.2, 0.25) is 0 Å². The predicted molar refractivity (Wildman–Crippen MR) is 53.5 cm³/mol. The molecular weight excluding hydrogens is 164 g/mol. The third-order valence-corrected chi connectivity index (χ3v) is 2.39. The first-order valence-corrected chi connectivity index (χ1v) is 4.47. The minimum Gasteiger partial charge on any atom is -0.396 e. The highest BCUT2D eigenvalue weighted by Gasteiger charge is 2.20. The fraction of sp³-hybridized carbons (Fsp3) is 0.444. The van der Waals surface area contributed by atoms with E-state index in [4.69, 9.17) is 11.5 Å². The molecule has 4 N–H and O–H groups in total. The van der Waals surface area contributed by atoms with E-state index in [2.05, 4.69) is 9.88 Å². The molecule has 0 aromatic carbocycles. The monoisotopic (exact) mass is 178 g/mol. The number of rotatable bonds is 1. The quantitative estimate of drug-likeness (QED) is 0.644. The molecule has 1 fully saturated rings. The largest absolute Gasteiger partial charge is 0.396 e. The molecule has 0 saturated carbocycles. The average Bonchev–Trinajstić information content (AvgIpc) is 2.53. The highest BCUT2D eigenvalue weighted by atomic mass is 15.2. The lowest BCUT2D eigenvalue weighted by Crippen LogP contribution is -2.26. The first kappa shape index (κ1) is 8.31. The van der Waals surface area contributed by atoms with Crippen molar-refractivity contribution in [1.82, 2.24) is 4.98 Å². The maximum atomic E-state index is 5.81. The molecule has 0 spiro atoms. The van der Waals surface area contributed by atoms with Crippen LogP contribution >= 0.6 is 0 Å². The minimum atomic E-state index is 0.285. The maximum Gasteiger partial charge on any atom is 0.0738 e. The average molecular weight is 178 g/mol. The lowest BCUT2D eigenvalue weighted by atomic mass is 10.3. The Kier molecular flexibility index (Phi) is 2.06. The summed E-state index contributed by atoms with van der Waals surface area (Å²) in [7, 11) is 0. The molecule has 1 unspecified atom stereocenters. The van der Waals surface area contributed by atoms with E-state index >= 15 is 0 Å². The van der Waals surface area contributed by atoms with E-state index in [1.165, 1.54) is 0 Å². The lowest BCUT2D eigenvalue weighted by Gasteiger charge is -2.19. The molecule has 2 rings (SSSR count). The molecule has 1 aromatic rings. The van der Waals surface area contributed by atoms with Crippen LogP contribution in [0.4, 0.5) is 11.4 Å². The summed E-state index contributed by atoms with van der Waals surface area (Å²) in [5.74, 6) is 0. The minimum absolute atomic E-state index is 0.285. The molecule has 0 radical (unpaired) electrons. The second-order valence-electron chi connectivity index (χ2n) is 3.43. The number of nitrogens with two attached hydrogens (primary N) is 2. The summed E-state index contributed by atoms with van der Waals surface area (Å²) in [6, 6.07) is 2.22. The zero-order valence-corrected chi connectivity index (χ0v) is 7.48. The first-order valence-electron chi connectivity index (χ1n) is 4.47. The molecule has 70 valence electrons. The van der Waals surface area contributed by atoms with Crippen molar-refractivity contribution in [3.8, 4) is 0 Å². The van der Waals surface area contributed by atoms with E-state index < -0.39 is 0 Å². The van der Waals surface area contributed by atoms with E-state index in [1.54, 1.807) is 12.4 Å². The zero-order chi connectivity index (χ0) is 9.26. The number of pyridine rings is 1. The van der Waals surface area contributed by atoms with Gasteiger partial charge in [-0.1, -0.05) is 0 Å². The Bertz CT molecular complexity index is 299. The number of hydrogen-bond donors (Lipinski definition) is 2. The van der Waals surface area contributed by atoms with E-state index in [-0.39, 0.29) is 6.04 Å². The van der Waals surface area contributed by atoms with Crippen molar-refractivity contribution in [3.05, 3.63) is 18.5 Å². The van der Waals surface area contributed by atoms with Crippen LogP contribution in [0.1, 0.15) is 6.42 Å². The third kappa shape index (κ3) is 1.58. The van der Waals surface area contributed by atoms with Gasteiger partial charge in [0.1, 0.15) is 0 Å². The smallest absolute Gasteiger partial charge is 0.0738 e. The number of nitrogen functional groups attached to an aromatic ring is 1. The summed E-state index contributed by atoms with van der Waals surface area (Å²) in [4.78, 5) is 6.16. The van der Waals surface area contributed by atoms with Gasteiger partial charge in [0.25, 0.3) is 0 Å². The van der Waals surface area contributed by atoms with E-state index in [1.807, 2.05) is 6.07 Å². The third-order valence-electron chi connectivity index (χ3n) is 2.39. The second kappa shape index (κ2) is 3.22. The van der Waals surface area contributed by atoms with Gasteiger partial charge in [-0.2, -0.15) is 0 Å². The van der Waals surface area contributed by atoms with Gasteiger partial charge < -0.3 is 16.4 Å². The summed E-state index contributed by atoms with van der Waals surface area (Å²) < 4.78 is 0. The zero-order valence-electron chi connectivity index (χ0n) is 7.48. The molecule has 1 atom stereocenters. The van der Waals surface area contributed by atoms with Crippen molar-refractivity contribution in [1.29, 1.82) is 0 Å². The molecule has 4 heteroatoms. The number of hydrogen-bond acceptors (Lipinski definition) is 4. The van der Waals surface area contributed by atoms with Crippen LogP contribution in [0.3, 0.4) is 0 Å². The van der Waals surface area contributed by atoms with E-state index in [0.29, 0.717) is 0 Å². The number of nitrogens with zero attached hydrogens (tertiary/aromatic N) is 2. The van der Waals surface area contributed by atoms with Crippen molar-refractivity contribution < 1.29 is 0 Å². The summed E-state index contributed by atoms with van der Waals surface area (Å²) in [5.41, 5.74) is 13.4. The Labute approximate surface area is 77.5 Å². The molecule has 0 amide bonds. The molecule has 1 aliphatic heterocycles. The normalized spacial score (nSPS) is 22.2. The fourth-order valence-electron chi connectivity index (χ4n) is 1.69. The van der Waals surface area contributed by atoms with Crippen LogP contribution in [-0.4, -0.2) is 24.1 Å². The first-order chi connectivity index (χ1) is 6.27. The van der Waals surface area contributed by atoms with Gasteiger partial charge in [0.15, 0.2) is 0 Å². The van der Waals surface area contributed by atoms with Crippen molar-refractivity contribution in [2.24, 2.45) is 5.73 Å². The van der Waals surface area contributed by atoms with Gasteiger partial charge >= 0.3 is 0 Å². The van der Waals surface area contributed by atoms with Gasteiger partial charge in [-0.25, -0.2) is 0 Å². The molecule has 0 aliphatic carbocycles. The molecule has 13 heavy (non-hydrogen) atoms. The molecule has 2 heterocycles. The Balaban J connectivity index is 2.21. The number of anilines is 2. The van der Waals surface area contributed by atoms with Crippen molar-refractivity contribution in [3.63, 3.8) is 0 Å². The van der Waals surface area contributed by atoms with E-state index in [9.17, 15) is 0 Å². The van der Waals surface area contributed by atoms with Crippen LogP contribution in [0, 0.1) is 0 Å². The maximum absolute atomic E-state index is 5.81. The Morgan fingerprint density at radius 2 is 2.38 bits per heavy atom. The van der Waals surface area contributed by atoms with Gasteiger partial charge in [-0.3, -0.25) is 4.98 Å². The Morgan fingerprint density at radius 3 is 3.00 bits per heavy atom. The molecular formula is C9H14N4. The molecule has 1 aromatic heterocycles. The topological polar surface area (TPSA) is 68.2 Å². The van der Waals surface area contributed by atoms with Crippen LogP contribution in [0.2, 0.25) is 0 Å². The van der Waals surface area contributed by atoms with Crippen LogP contribution in [0.25, 0.3) is 0 Å². The van der Waals surface area contributed by atoms with Gasteiger partial charge in [-0.15, -0.1) is 0 Å². The molecule has 4 nitrogen and oxygen atoms in total. The fourth-order valence-corrected chi connectivity index (χ4v) is 1.69. The van der Waals surface area contributed by atoms with Gasteiger partial charge in [-0.05, 0) is 12.5 Å². The summed E-state index contributed by atoms with van der Waals surface area (Å²) in [6.45, 7) is 1.89. The second-order valence-corrected chi connectivity index (χ2v) is 3.43. The Morgan fingerprint density at radius 1 is 1.54 bits per heavy atom. The van der Waals surface area contributed by atoms with Crippen molar-refractivity contribution in [2.45, 2.75) is 12.5 Å². The van der Waals surface area contributed by atoms with Crippen molar-refractivity contribution in [2.75, 3.05) is 23.7 Å². The summed E-state index contributed by atoms with van der Waals surface area (Å²) in [6.07, 6.45) is 4.48. The lowest BCUT2D eigenvalue weighted by molar-refractivity contribution is 0.752. The van der Waals surface area contributed by atoms with Gasteiger partial charge in [0, 0.05) is 25.3 Å². The van der Waals surface area contributed by atoms with E-state index in [0.717, 1.165) is 30.9 Å². The SMILES string of the molecule is Nc1cnccc1N1CCC(N)C1. The Hall–Kier alpha value is -1.29. The predicted octanol–water partition coefficient (Wildman–Crippen LogP) is 0.201. The molecule has 1 saturated heterocycles. The van der Waals surface area contributed by atoms with Crippen LogP contribution in [-0.2, 0) is 0 Å². The summed E-state index contributed by atoms with van der Waals surface area (Å²) in [5, 5.41) is 0. The number of aromatic nitrogens is 1. The van der Waals surface area contributed by atoms with Crippen LogP contribution in [0.15, 0.2) is 18.5 Å². The molecule has 0 bridgehead atoms. The summed E-state index contributed by atoms with van der Waals surface area (Å²) >= 11 is 0. The van der Waals surface area contributed by atoms with Crippen molar-refractivity contribution >= 4 is 11.4 Å². The van der Waals surface area contributed by atoms with Gasteiger partial charge in [0.05, 0.1) is 17.6 Å². The highest BCUT2D eigenvalue weighted by Crippen LogP contribution is 2.24. The standard InChI is InChI=1S/C9H14N4/c10-7-2-4-13(6-7)9-1-3-12-5-8(9)11/h1,3,5,7H,2,4,6,10-11H2. The highest BCUT2D eigenvalue weighted by molar-refractivity contribution is 5.66.